The summed E-state index contributed by atoms with van der Waals surface area (Å²) in [6, 6.07) is 9.71. The largest absolute Gasteiger partial charge is 0.394 e. The molecule has 4 heterocycles. The Kier molecular flexibility index (Phi) is 8.06. The number of carbonyl (C=O) groups is 2. The molecule has 2 aliphatic heterocycles. The van der Waals surface area contributed by atoms with Gasteiger partial charge in [0.05, 0.1) is 35.3 Å². The molecule has 2 unspecified atom stereocenters. The summed E-state index contributed by atoms with van der Waals surface area (Å²) in [5.41, 5.74) is 3.87. The van der Waals surface area contributed by atoms with Gasteiger partial charge in [-0.2, -0.15) is 0 Å². The lowest BCUT2D eigenvalue weighted by Crippen LogP contribution is -2.46. The molecule has 3 N–H and O–H groups in total. The molecule has 1 aromatic carbocycles. The van der Waals surface area contributed by atoms with Crippen molar-refractivity contribution in [2.45, 2.75) is 51.4 Å². The van der Waals surface area contributed by atoms with Crippen molar-refractivity contribution in [1.82, 2.24) is 25.2 Å². The van der Waals surface area contributed by atoms with E-state index in [2.05, 4.69) is 25.6 Å². The van der Waals surface area contributed by atoms with Gasteiger partial charge in [0, 0.05) is 42.6 Å². The Bertz CT molecular complexity index is 1380. The summed E-state index contributed by atoms with van der Waals surface area (Å²) in [7, 11) is 0. The SMILES string of the molecule is Cc1cccc(C(CO)NC(=O)C(C)N2Cc3ccc(-c4nc(NC5CCOCC5)ncc4Cl)cc3C2=O)n1. The number of ether oxygens (including phenoxy) is 1. The molecule has 11 heteroatoms. The van der Waals surface area contributed by atoms with Crippen LogP contribution in [0.1, 0.15) is 53.1 Å². The third kappa shape index (κ3) is 5.88. The highest BCUT2D eigenvalue weighted by Gasteiger charge is 2.35. The van der Waals surface area contributed by atoms with Crippen molar-refractivity contribution in [3.63, 3.8) is 0 Å². The molecular weight excluding hydrogens is 520 g/mol. The molecule has 0 saturated carbocycles. The van der Waals surface area contributed by atoms with Crippen LogP contribution < -0.4 is 10.6 Å². The number of anilines is 1. The molecule has 2 aromatic heterocycles. The predicted octanol–water partition coefficient (Wildman–Crippen LogP) is 3.29. The van der Waals surface area contributed by atoms with Crippen molar-refractivity contribution in [2.75, 3.05) is 25.1 Å². The molecule has 10 nitrogen and oxygen atoms in total. The molecule has 0 spiro atoms. The summed E-state index contributed by atoms with van der Waals surface area (Å²) < 4.78 is 5.41. The first-order valence-corrected chi connectivity index (χ1v) is 13.4. The number of hydrogen-bond donors (Lipinski definition) is 3. The maximum Gasteiger partial charge on any atom is 0.255 e. The molecule has 0 radical (unpaired) electrons. The van der Waals surface area contributed by atoms with Crippen molar-refractivity contribution >= 4 is 29.4 Å². The highest BCUT2D eigenvalue weighted by atomic mass is 35.5. The molecule has 0 bridgehead atoms. The molecule has 2 atom stereocenters. The summed E-state index contributed by atoms with van der Waals surface area (Å²) in [5, 5.41) is 16.4. The van der Waals surface area contributed by atoms with Gasteiger partial charge in [0.15, 0.2) is 0 Å². The molecule has 1 fully saturated rings. The van der Waals surface area contributed by atoms with E-state index >= 15 is 0 Å². The summed E-state index contributed by atoms with van der Waals surface area (Å²) in [6.07, 6.45) is 3.30. The van der Waals surface area contributed by atoms with Gasteiger partial charge in [-0.05, 0) is 50.5 Å². The minimum absolute atomic E-state index is 0.225. The Balaban J connectivity index is 1.31. The minimum Gasteiger partial charge on any atom is -0.394 e. The zero-order chi connectivity index (χ0) is 27.5. The third-order valence-corrected chi connectivity index (χ3v) is 7.40. The van der Waals surface area contributed by atoms with E-state index in [9.17, 15) is 14.7 Å². The second kappa shape index (κ2) is 11.6. The van der Waals surface area contributed by atoms with Gasteiger partial charge in [0.25, 0.3) is 5.91 Å². The van der Waals surface area contributed by atoms with Gasteiger partial charge < -0.3 is 25.4 Å². The normalized spacial score (nSPS) is 17.0. The average molecular weight is 551 g/mol. The summed E-state index contributed by atoms with van der Waals surface area (Å²) >= 11 is 6.46. The zero-order valence-corrected chi connectivity index (χ0v) is 22.6. The van der Waals surface area contributed by atoms with E-state index in [1.54, 1.807) is 25.3 Å². The van der Waals surface area contributed by atoms with Crippen molar-refractivity contribution < 1.29 is 19.4 Å². The number of rotatable bonds is 8. The number of amides is 2. The first-order chi connectivity index (χ1) is 18.8. The fourth-order valence-corrected chi connectivity index (χ4v) is 5.05. The number of aliphatic hydroxyl groups excluding tert-OH is 1. The van der Waals surface area contributed by atoms with E-state index in [-0.39, 0.29) is 24.5 Å². The third-order valence-electron chi connectivity index (χ3n) is 7.13. The number of nitrogens with one attached hydrogen (secondary N) is 2. The molecule has 5 rings (SSSR count). The van der Waals surface area contributed by atoms with Crippen molar-refractivity contribution in [1.29, 1.82) is 0 Å². The number of pyridine rings is 1. The molecule has 2 aliphatic rings. The van der Waals surface area contributed by atoms with Gasteiger partial charge in [0.2, 0.25) is 11.9 Å². The number of halogens is 1. The van der Waals surface area contributed by atoms with E-state index in [1.807, 2.05) is 31.2 Å². The standard InChI is InChI=1S/C28H31ClN6O4/c1-16-4-3-5-23(31-16)24(15-36)33-26(37)17(2)35-14-19-7-6-18(12-21(19)27(35)38)25-22(29)13-30-28(34-25)32-20-8-10-39-11-9-20/h3-7,12-13,17,20,24,36H,8-11,14-15H2,1-2H3,(H,33,37)(H,30,32,34). The van der Waals surface area contributed by atoms with Crippen LogP contribution in [0.4, 0.5) is 5.95 Å². The molecule has 39 heavy (non-hydrogen) atoms. The molecular formula is C28H31ClN6O4. The first-order valence-electron chi connectivity index (χ1n) is 13.0. The lowest BCUT2D eigenvalue weighted by atomic mass is 10.0. The Morgan fingerprint density at radius 1 is 1.23 bits per heavy atom. The van der Waals surface area contributed by atoms with Crippen molar-refractivity contribution in [2.24, 2.45) is 0 Å². The maximum atomic E-state index is 13.4. The number of aliphatic hydroxyl groups is 1. The highest BCUT2D eigenvalue weighted by Crippen LogP contribution is 2.32. The topological polar surface area (TPSA) is 130 Å². The molecule has 204 valence electrons. The summed E-state index contributed by atoms with van der Waals surface area (Å²) in [5.74, 6) is -0.155. The van der Waals surface area contributed by atoms with Crippen LogP contribution in [0.3, 0.4) is 0 Å². The number of benzene rings is 1. The Morgan fingerprint density at radius 3 is 2.77 bits per heavy atom. The number of hydrogen-bond acceptors (Lipinski definition) is 8. The lowest BCUT2D eigenvalue weighted by Gasteiger charge is -2.25. The fourth-order valence-electron chi connectivity index (χ4n) is 4.85. The predicted molar refractivity (Wildman–Crippen MR) is 146 cm³/mol. The maximum absolute atomic E-state index is 13.4. The van der Waals surface area contributed by atoms with Crippen LogP contribution >= 0.6 is 11.6 Å². The van der Waals surface area contributed by atoms with E-state index in [4.69, 9.17) is 16.3 Å². The Morgan fingerprint density at radius 2 is 2.03 bits per heavy atom. The number of aromatic nitrogens is 3. The number of aryl methyl sites for hydroxylation is 1. The molecule has 0 aliphatic carbocycles. The highest BCUT2D eigenvalue weighted by molar-refractivity contribution is 6.33. The smallest absolute Gasteiger partial charge is 0.255 e. The van der Waals surface area contributed by atoms with Gasteiger partial charge in [0.1, 0.15) is 6.04 Å². The van der Waals surface area contributed by atoms with Crippen LogP contribution in [-0.2, 0) is 16.1 Å². The van der Waals surface area contributed by atoms with Gasteiger partial charge in [-0.15, -0.1) is 0 Å². The summed E-state index contributed by atoms with van der Waals surface area (Å²) in [6.45, 7) is 4.90. The van der Waals surface area contributed by atoms with E-state index in [1.165, 1.54) is 4.90 Å². The van der Waals surface area contributed by atoms with Crippen LogP contribution in [0.5, 0.6) is 0 Å². The van der Waals surface area contributed by atoms with Crippen molar-refractivity contribution in [3.05, 3.63) is 70.1 Å². The van der Waals surface area contributed by atoms with Crippen LogP contribution in [0.25, 0.3) is 11.3 Å². The van der Waals surface area contributed by atoms with Crippen LogP contribution in [0, 0.1) is 6.92 Å². The van der Waals surface area contributed by atoms with Crippen molar-refractivity contribution in [3.8, 4) is 11.3 Å². The van der Waals surface area contributed by atoms with Crippen LogP contribution in [0.15, 0.2) is 42.6 Å². The second-order valence-electron chi connectivity index (χ2n) is 9.85. The first kappa shape index (κ1) is 27.0. The Hall–Kier alpha value is -3.60. The molecule has 3 aromatic rings. The zero-order valence-electron chi connectivity index (χ0n) is 21.9. The molecule has 2 amide bonds. The van der Waals surface area contributed by atoms with Crippen LogP contribution in [0.2, 0.25) is 5.02 Å². The van der Waals surface area contributed by atoms with E-state index in [0.29, 0.717) is 53.2 Å². The lowest BCUT2D eigenvalue weighted by molar-refractivity contribution is -0.126. The number of fused-ring (bicyclic) bond motifs is 1. The second-order valence-corrected chi connectivity index (χ2v) is 10.3. The number of carbonyl (C=O) groups excluding carboxylic acids is 2. The van der Waals surface area contributed by atoms with Gasteiger partial charge in [-0.1, -0.05) is 29.8 Å². The van der Waals surface area contributed by atoms with E-state index in [0.717, 1.165) is 24.1 Å². The summed E-state index contributed by atoms with van der Waals surface area (Å²) in [4.78, 5) is 41.4. The average Bonchev–Trinajstić information content (AvgIpc) is 3.28. The van der Waals surface area contributed by atoms with Gasteiger partial charge in [-0.3, -0.25) is 14.6 Å². The molecule has 1 saturated heterocycles. The monoisotopic (exact) mass is 550 g/mol. The van der Waals surface area contributed by atoms with E-state index < -0.39 is 12.1 Å². The van der Waals surface area contributed by atoms with Gasteiger partial charge >= 0.3 is 0 Å². The minimum atomic E-state index is -0.759. The number of nitrogens with zero attached hydrogens (tertiary/aromatic N) is 4. The fraction of sp³-hybridized carbons (Fsp3) is 0.393. The quantitative estimate of drug-likeness (QED) is 0.389. The van der Waals surface area contributed by atoms with Crippen LogP contribution in [-0.4, -0.2) is 68.7 Å². The Labute approximate surface area is 231 Å². The van der Waals surface area contributed by atoms with Gasteiger partial charge in [-0.25, -0.2) is 9.97 Å².